The highest BCUT2D eigenvalue weighted by atomic mass is 32.2. The number of benzene rings is 1. The van der Waals surface area contributed by atoms with E-state index in [1.165, 1.54) is 17.0 Å². The van der Waals surface area contributed by atoms with Crippen LogP contribution >= 0.6 is 11.8 Å². The summed E-state index contributed by atoms with van der Waals surface area (Å²) in [5, 5.41) is 2.79. The van der Waals surface area contributed by atoms with Crippen LogP contribution in [0, 0.1) is 17.6 Å². The monoisotopic (exact) mass is 411 g/mol. The molecule has 1 aromatic rings. The highest BCUT2D eigenvalue weighted by Crippen LogP contribution is 2.32. The van der Waals surface area contributed by atoms with Crippen LogP contribution in [-0.4, -0.2) is 55.8 Å². The van der Waals surface area contributed by atoms with Gasteiger partial charge in [-0.1, -0.05) is 6.42 Å². The molecule has 0 unspecified atom stereocenters. The number of carbonyl (C=O) groups excluding carboxylic acids is 2. The van der Waals surface area contributed by atoms with Crippen molar-refractivity contribution in [1.82, 2.24) is 5.32 Å². The lowest BCUT2D eigenvalue weighted by atomic mass is 9.85. The number of halogens is 2. The van der Waals surface area contributed by atoms with Crippen LogP contribution < -0.4 is 15.1 Å². The van der Waals surface area contributed by atoms with Crippen LogP contribution in [0.25, 0.3) is 0 Å². The van der Waals surface area contributed by atoms with Crippen LogP contribution in [-0.2, 0) is 9.53 Å². The van der Waals surface area contributed by atoms with Crippen LogP contribution in [0.2, 0.25) is 0 Å². The second-order valence-corrected chi connectivity index (χ2v) is 8.57. The van der Waals surface area contributed by atoms with Gasteiger partial charge in [-0.3, -0.25) is 9.69 Å². The van der Waals surface area contributed by atoms with Crippen molar-refractivity contribution in [2.75, 3.05) is 47.5 Å². The summed E-state index contributed by atoms with van der Waals surface area (Å²) in [6.07, 6.45) is 1.64. The van der Waals surface area contributed by atoms with Gasteiger partial charge in [0, 0.05) is 42.6 Å². The third-order valence-corrected chi connectivity index (χ3v) is 6.44. The zero-order chi connectivity index (χ0) is 19.7. The number of cyclic esters (lactones) is 1. The fourth-order valence-electron chi connectivity index (χ4n) is 3.66. The summed E-state index contributed by atoms with van der Waals surface area (Å²) in [5.41, 5.74) is 0.0869. The fraction of sp³-hybridized carbons (Fsp3) is 0.579. The average Bonchev–Trinajstić information content (AvgIpc) is 2.99. The third kappa shape index (κ3) is 3.90. The van der Waals surface area contributed by atoms with Gasteiger partial charge in [-0.25, -0.2) is 13.6 Å². The molecular formula is C19H23F2N3O3S. The van der Waals surface area contributed by atoms with Gasteiger partial charge in [0.2, 0.25) is 5.91 Å². The van der Waals surface area contributed by atoms with E-state index in [0.717, 1.165) is 30.8 Å². The minimum atomic E-state index is -0.684. The molecule has 1 saturated carbocycles. The van der Waals surface area contributed by atoms with Gasteiger partial charge in [0.1, 0.15) is 11.8 Å². The van der Waals surface area contributed by atoms with Gasteiger partial charge in [-0.05, 0) is 12.8 Å². The molecule has 0 spiro atoms. The van der Waals surface area contributed by atoms with Gasteiger partial charge in [0.25, 0.3) is 0 Å². The number of thioether (sulfide) groups is 1. The quantitative estimate of drug-likeness (QED) is 0.807. The molecular weight excluding hydrogens is 388 g/mol. The Kier molecular flexibility index (Phi) is 5.61. The first kappa shape index (κ1) is 19.3. The van der Waals surface area contributed by atoms with Crippen molar-refractivity contribution in [3.8, 4) is 0 Å². The van der Waals surface area contributed by atoms with E-state index in [9.17, 15) is 18.4 Å². The molecule has 9 heteroatoms. The summed E-state index contributed by atoms with van der Waals surface area (Å²) in [4.78, 5) is 27.0. The van der Waals surface area contributed by atoms with E-state index in [2.05, 4.69) is 5.32 Å². The summed E-state index contributed by atoms with van der Waals surface area (Å²) >= 11 is 1.76. The highest BCUT2D eigenvalue weighted by molar-refractivity contribution is 7.99. The number of ether oxygens (including phenoxy) is 1. The molecule has 2 aliphatic heterocycles. The standard InChI is InChI=1S/C19H23F2N3O3S/c20-15-8-13(9-16(21)17(15)23-4-6-28-7-5-23)24-11-14(27-19(24)26)10-22-18(25)12-2-1-3-12/h8-9,12,14H,1-7,10-11H2,(H,22,25)/t14-/m0/s1. The average molecular weight is 411 g/mol. The predicted octanol–water partition coefficient (Wildman–Crippen LogP) is 2.76. The van der Waals surface area contributed by atoms with Gasteiger partial charge in [0.15, 0.2) is 11.6 Å². The molecule has 2 heterocycles. The SMILES string of the molecule is O=C(NC[C@H]1CN(c2cc(F)c(N3CCSCC3)c(F)c2)C(=O)O1)C1CCC1. The van der Waals surface area contributed by atoms with Crippen molar-refractivity contribution >= 4 is 35.1 Å². The maximum atomic E-state index is 14.6. The molecule has 2 saturated heterocycles. The van der Waals surface area contributed by atoms with Crippen molar-refractivity contribution in [3.63, 3.8) is 0 Å². The first-order valence-electron chi connectivity index (χ1n) is 9.60. The van der Waals surface area contributed by atoms with Crippen LogP contribution in [0.15, 0.2) is 12.1 Å². The van der Waals surface area contributed by atoms with E-state index in [1.807, 2.05) is 0 Å². The molecule has 4 rings (SSSR count). The molecule has 0 radical (unpaired) electrons. The minimum Gasteiger partial charge on any atom is -0.442 e. The van der Waals surface area contributed by atoms with E-state index >= 15 is 0 Å². The van der Waals surface area contributed by atoms with E-state index in [4.69, 9.17) is 4.74 Å². The molecule has 6 nitrogen and oxygen atoms in total. The number of nitrogens with zero attached hydrogens (tertiary/aromatic N) is 2. The van der Waals surface area contributed by atoms with Gasteiger partial charge in [0.05, 0.1) is 18.8 Å². The molecule has 1 aromatic carbocycles. The lowest BCUT2D eigenvalue weighted by Crippen LogP contribution is -2.40. The zero-order valence-corrected chi connectivity index (χ0v) is 16.3. The summed E-state index contributed by atoms with van der Waals surface area (Å²) < 4.78 is 34.5. The molecule has 1 aliphatic carbocycles. The number of amides is 2. The predicted molar refractivity (Wildman–Crippen MR) is 104 cm³/mol. The maximum Gasteiger partial charge on any atom is 0.414 e. The molecule has 152 valence electrons. The van der Waals surface area contributed by atoms with E-state index in [0.29, 0.717) is 13.1 Å². The highest BCUT2D eigenvalue weighted by Gasteiger charge is 2.35. The van der Waals surface area contributed by atoms with Crippen LogP contribution in [0.4, 0.5) is 25.0 Å². The Balaban J connectivity index is 1.42. The number of anilines is 2. The molecule has 0 bridgehead atoms. The van der Waals surface area contributed by atoms with Crippen molar-refractivity contribution in [2.24, 2.45) is 5.92 Å². The fourth-order valence-corrected chi connectivity index (χ4v) is 4.57. The molecule has 1 atom stereocenters. The summed E-state index contributed by atoms with van der Waals surface area (Å²) in [6.45, 7) is 1.52. The Hall–Kier alpha value is -2.03. The number of rotatable bonds is 5. The Morgan fingerprint density at radius 3 is 2.50 bits per heavy atom. The Labute approximate surface area is 166 Å². The van der Waals surface area contributed by atoms with E-state index < -0.39 is 23.8 Å². The van der Waals surface area contributed by atoms with Gasteiger partial charge >= 0.3 is 6.09 Å². The van der Waals surface area contributed by atoms with E-state index in [1.54, 1.807) is 16.7 Å². The molecule has 3 fully saturated rings. The van der Waals surface area contributed by atoms with Crippen molar-refractivity contribution in [1.29, 1.82) is 0 Å². The van der Waals surface area contributed by atoms with Crippen LogP contribution in [0.5, 0.6) is 0 Å². The van der Waals surface area contributed by atoms with E-state index in [-0.39, 0.29) is 36.3 Å². The first-order valence-corrected chi connectivity index (χ1v) is 10.8. The summed E-state index contributed by atoms with van der Waals surface area (Å²) in [6, 6.07) is 2.35. The second-order valence-electron chi connectivity index (χ2n) is 7.35. The van der Waals surface area contributed by atoms with Crippen molar-refractivity contribution in [2.45, 2.75) is 25.4 Å². The van der Waals surface area contributed by atoms with Gasteiger partial charge in [-0.15, -0.1) is 0 Å². The number of hydrogen-bond donors (Lipinski definition) is 1. The summed E-state index contributed by atoms with van der Waals surface area (Å²) in [7, 11) is 0. The number of carbonyl (C=O) groups is 2. The van der Waals surface area contributed by atoms with Crippen LogP contribution in [0.1, 0.15) is 19.3 Å². The first-order chi connectivity index (χ1) is 13.5. The molecule has 1 N–H and O–H groups in total. The smallest absolute Gasteiger partial charge is 0.414 e. The lowest BCUT2D eigenvalue weighted by molar-refractivity contribution is -0.127. The zero-order valence-electron chi connectivity index (χ0n) is 15.5. The lowest BCUT2D eigenvalue weighted by Gasteiger charge is -2.29. The Morgan fingerprint density at radius 2 is 1.89 bits per heavy atom. The topological polar surface area (TPSA) is 61.9 Å². The summed E-state index contributed by atoms with van der Waals surface area (Å²) in [5.74, 6) is 0.313. The van der Waals surface area contributed by atoms with Crippen molar-refractivity contribution < 1.29 is 23.1 Å². The van der Waals surface area contributed by atoms with Gasteiger partial charge < -0.3 is 15.0 Å². The van der Waals surface area contributed by atoms with Gasteiger partial charge in [-0.2, -0.15) is 11.8 Å². The Bertz CT molecular complexity index is 746. The Morgan fingerprint density at radius 1 is 1.21 bits per heavy atom. The molecule has 0 aromatic heterocycles. The number of nitrogens with one attached hydrogen (secondary N) is 1. The van der Waals surface area contributed by atoms with Crippen LogP contribution in [0.3, 0.4) is 0 Å². The third-order valence-electron chi connectivity index (χ3n) is 5.49. The minimum absolute atomic E-state index is 0.0260. The molecule has 28 heavy (non-hydrogen) atoms. The second kappa shape index (κ2) is 8.14. The maximum absolute atomic E-state index is 14.6. The normalized spacial score (nSPS) is 22.8. The number of hydrogen-bond acceptors (Lipinski definition) is 5. The molecule has 2 amide bonds. The largest absolute Gasteiger partial charge is 0.442 e. The molecule has 3 aliphatic rings. The van der Waals surface area contributed by atoms with Crippen molar-refractivity contribution in [3.05, 3.63) is 23.8 Å².